The van der Waals surface area contributed by atoms with Crippen LogP contribution in [0.4, 0.5) is 0 Å². The van der Waals surface area contributed by atoms with Gasteiger partial charge < -0.3 is 9.26 Å². The molecule has 0 radical (unpaired) electrons. The van der Waals surface area contributed by atoms with Crippen molar-refractivity contribution in [2.45, 2.75) is 26.3 Å². The monoisotopic (exact) mass is 239 g/mol. The highest BCUT2D eigenvalue weighted by molar-refractivity contribution is 5.72. The standard InChI is InChI=1S/C11H17N3O3/c1-2-16-11(15)9-4-3-5-14(6-9)7-10-12-8-17-13-10/h8-9H,2-7H2,1H3/t9-/m0/s1. The average Bonchev–Trinajstić information content (AvgIpc) is 2.82. The molecule has 1 atom stereocenters. The minimum Gasteiger partial charge on any atom is -0.466 e. The fourth-order valence-electron chi connectivity index (χ4n) is 2.11. The van der Waals surface area contributed by atoms with E-state index in [0.717, 1.165) is 19.4 Å². The summed E-state index contributed by atoms with van der Waals surface area (Å²) >= 11 is 0. The van der Waals surface area contributed by atoms with Gasteiger partial charge >= 0.3 is 5.97 Å². The lowest BCUT2D eigenvalue weighted by Crippen LogP contribution is -2.39. The van der Waals surface area contributed by atoms with Crippen molar-refractivity contribution < 1.29 is 14.1 Å². The SMILES string of the molecule is CCOC(=O)[C@H]1CCCN(Cc2ncon2)C1. The van der Waals surface area contributed by atoms with Crippen LogP contribution in [0.2, 0.25) is 0 Å². The van der Waals surface area contributed by atoms with Crippen molar-refractivity contribution in [1.82, 2.24) is 15.0 Å². The first kappa shape index (κ1) is 12.0. The summed E-state index contributed by atoms with van der Waals surface area (Å²) in [5.74, 6) is 0.551. The molecule has 17 heavy (non-hydrogen) atoms. The van der Waals surface area contributed by atoms with Crippen LogP contribution in [0.1, 0.15) is 25.6 Å². The minimum absolute atomic E-state index is 0.0180. The fourth-order valence-corrected chi connectivity index (χ4v) is 2.11. The summed E-state index contributed by atoms with van der Waals surface area (Å²) in [5, 5.41) is 3.77. The maximum atomic E-state index is 11.6. The lowest BCUT2D eigenvalue weighted by molar-refractivity contribution is -0.150. The van der Waals surface area contributed by atoms with Gasteiger partial charge in [-0.25, -0.2) is 0 Å². The second kappa shape index (κ2) is 5.77. The number of carbonyl (C=O) groups is 1. The van der Waals surface area contributed by atoms with Gasteiger partial charge in [-0.3, -0.25) is 9.69 Å². The van der Waals surface area contributed by atoms with Crippen molar-refractivity contribution in [1.29, 1.82) is 0 Å². The van der Waals surface area contributed by atoms with Gasteiger partial charge in [0.15, 0.2) is 5.82 Å². The Bertz CT molecular complexity index is 353. The van der Waals surface area contributed by atoms with Crippen LogP contribution in [-0.4, -0.2) is 40.7 Å². The molecule has 0 unspecified atom stereocenters. The smallest absolute Gasteiger partial charge is 0.310 e. The number of hydrogen-bond donors (Lipinski definition) is 0. The number of aromatic nitrogens is 2. The quantitative estimate of drug-likeness (QED) is 0.725. The van der Waals surface area contributed by atoms with Crippen LogP contribution in [0.5, 0.6) is 0 Å². The molecule has 2 heterocycles. The summed E-state index contributed by atoms with van der Waals surface area (Å²) in [6, 6.07) is 0. The second-order valence-electron chi connectivity index (χ2n) is 4.17. The van der Waals surface area contributed by atoms with Gasteiger partial charge in [-0.05, 0) is 26.3 Å². The largest absolute Gasteiger partial charge is 0.466 e. The summed E-state index contributed by atoms with van der Waals surface area (Å²) in [6.07, 6.45) is 3.23. The first-order valence-corrected chi connectivity index (χ1v) is 5.94. The van der Waals surface area contributed by atoms with Crippen molar-refractivity contribution >= 4 is 5.97 Å². The molecule has 1 fully saturated rings. The zero-order valence-electron chi connectivity index (χ0n) is 9.96. The Morgan fingerprint density at radius 3 is 3.29 bits per heavy atom. The molecule has 2 rings (SSSR count). The van der Waals surface area contributed by atoms with Gasteiger partial charge in [-0.1, -0.05) is 5.16 Å². The Balaban J connectivity index is 1.86. The lowest BCUT2D eigenvalue weighted by Gasteiger charge is -2.30. The maximum Gasteiger partial charge on any atom is 0.310 e. The summed E-state index contributed by atoms with van der Waals surface area (Å²) < 4.78 is 9.74. The van der Waals surface area contributed by atoms with Crippen LogP contribution in [0.25, 0.3) is 0 Å². The molecule has 94 valence electrons. The second-order valence-corrected chi connectivity index (χ2v) is 4.17. The molecule has 0 spiro atoms. The van der Waals surface area contributed by atoms with E-state index in [9.17, 15) is 4.79 Å². The molecule has 0 amide bonds. The summed E-state index contributed by atoms with van der Waals surface area (Å²) in [7, 11) is 0. The lowest BCUT2D eigenvalue weighted by atomic mass is 9.98. The summed E-state index contributed by atoms with van der Waals surface area (Å²) in [6.45, 7) is 4.59. The number of esters is 1. The number of carbonyl (C=O) groups excluding carboxylic acids is 1. The Labute approximate surface area is 99.9 Å². The van der Waals surface area contributed by atoms with Crippen molar-refractivity contribution in [3.8, 4) is 0 Å². The number of likely N-dealkylation sites (tertiary alicyclic amines) is 1. The molecule has 0 saturated carbocycles. The van der Waals surface area contributed by atoms with Gasteiger partial charge in [0.25, 0.3) is 0 Å². The molecule has 1 saturated heterocycles. The topological polar surface area (TPSA) is 68.5 Å². The highest BCUT2D eigenvalue weighted by Gasteiger charge is 2.27. The Hall–Kier alpha value is -1.43. The zero-order valence-corrected chi connectivity index (χ0v) is 9.96. The molecular weight excluding hydrogens is 222 g/mol. The molecule has 1 aliphatic heterocycles. The third kappa shape index (κ3) is 3.26. The molecule has 0 N–H and O–H groups in total. The van der Waals surface area contributed by atoms with Crippen LogP contribution in [0.3, 0.4) is 0 Å². The van der Waals surface area contributed by atoms with Crippen LogP contribution in [0.15, 0.2) is 10.9 Å². The summed E-state index contributed by atoms with van der Waals surface area (Å²) in [5.41, 5.74) is 0. The van der Waals surface area contributed by atoms with Gasteiger partial charge in [0, 0.05) is 6.54 Å². The first-order valence-electron chi connectivity index (χ1n) is 5.94. The number of piperidine rings is 1. The Kier molecular flexibility index (Phi) is 4.08. The van der Waals surface area contributed by atoms with E-state index in [-0.39, 0.29) is 11.9 Å². The molecule has 1 aromatic heterocycles. The fraction of sp³-hybridized carbons (Fsp3) is 0.727. The van der Waals surface area contributed by atoms with E-state index in [1.54, 1.807) is 0 Å². The van der Waals surface area contributed by atoms with E-state index < -0.39 is 0 Å². The molecule has 0 aromatic carbocycles. The third-order valence-electron chi connectivity index (χ3n) is 2.90. The van der Waals surface area contributed by atoms with Crippen molar-refractivity contribution in [2.75, 3.05) is 19.7 Å². The van der Waals surface area contributed by atoms with Crippen LogP contribution < -0.4 is 0 Å². The molecule has 1 aliphatic rings. The van der Waals surface area contributed by atoms with E-state index in [1.807, 2.05) is 6.92 Å². The van der Waals surface area contributed by atoms with E-state index in [0.29, 0.717) is 25.5 Å². The predicted octanol–water partition coefficient (Wildman–Crippen LogP) is 0.845. The molecule has 1 aromatic rings. The number of rotatable bonds is 4. The molecule has 6 nitrogen and oxygen atoms in total. The van der Waals surface area contributed by atoms with Gasteiger partial charge in [0.2, 0.25) is 6.39 Å². The van der Waals surface area contributed by atoms with Crippen LogP contribution >= 0.6 is 0 Å². The molecule has 6 heteroatoms. The van der Waals surface area contributed by atoms with Gasteiger partial charge in [-0.2, -0.15) is 4.98 Å². The van der Waals surface area contributed by atoms with Gasteiger partial charge in [0.05, 0.1) is 19.1 Å². The highest BCUT2D eigenvalue weighted by Crippen LogP contribution is 2.18. The predicted molar refractivity (Wildman–Crippen MR) is 58.9 cm³/mol. The maximum absolute atomic E-state index is 11.6. The van der Waals surface area contributed by atoms with E-state index >= 15 is 0 Å². The van der Waals surface area contributed by atoms with E-state index in [1.165, 1.54) is 6.39 Å². The van der Waals surface area contributed by atoms with Crippen LogP contribution in [-0.2, 0) is 16.1 Å². The Morgan fingerprint density at radius 2 is 2.59 bits per heavy atom. The third-order valence-corrected chi connectivity index (χ3v) is 2.90. The van der Waals surface area contributed by atoms with E-state index in [2.05, 4.69) is 19.6 Å². The number of nitrogens with zero attached hydrogens (tertiary/aromatic N) is 3. The molecule has 0 aliphatic carbocycles. The van der Waals surface area contributed by atoms with Gasteiger partial charge in [0.1, 0.15) is 0 Å². The van der Waals surface area contributed by atoms with Gasteiger partial charge in [-0.15, -0.1) is 0 Å². The Morgan fingerprint density at radius 1 is 1.71 bits per heavy atom. The normalized spacial score (nSPS) is 21.4. The average molecular weight is 239 g/mol. The number of hydrogen-bond acceptors (Lipinski definition) is 6. The van der Waals surface area contributed by atoms with Crippen molar-refractivity contribution in [3.05, 3.63) is 12.2 Å². The summed E-state index contributed by atoms with van der Waals surface area (Å²) in [4.78, 5) is 17.8. The van der Waals surface area contributed by atoms with Crippen molar-refractivity contribution in [3.63, 3.8) is 0 Å². The first-order chi connectivity index (χ1) is 8.29. The van der Waals surface area contributed by atoms with E-state index in [4.69, 9.17) is 4.74 Å². The number of ether oxygens (including phenoxy) is 1. The molecular formula is C11H17N3O3. The van der Waals surface area contributed by atoms with Crippen molar-refractivity contribution in [2.24, 2.45) is 5.92 Å². The highest BCUT2D eigenvalue weighted by atomic mass is 16.5. The van der Waals surface area contributed by atoms with Crippen LogP contribution in [0, 0.1) is 5.92 Å². The zero-order chi connectivity index (χ0) is 12.1. The molecule has 0 bridgehead atoms. The minimum atomic E-state index is -0.0923.